The Balaban J connectivity index is 2.27. The predicted molar refractivity (Wildman–Crippen MR) is 57.3 cm³/mol. The molecule has 2 aromatic heterocycles. The van der Waals surface area contributed by atoms with Gasteiger partial charge in [0, 0.05) is 12.5 Å². The fourth-order valence-corrected chi connectivity index (χ4v) is 1.83. The molecule has 0 aliphatic rings. The largest absolute Gasteiger partial charge is 0.356 e. The van der Waals surface area contributed by atoms with Crippen molar-refractivity contribution in [3.05, 3.63) is 23.7 Å². The number of aromatic amines is 1. The summed E-state index contributed by atoms with van der Waals surface area (Å²) >= 11 is 0. The Bertz CT molecular complexity index is 677. The number of hydrogen-bond acceptors (Lipinski definition) is 6. The maximum absolute atomic E-state index is 11.0. The van der Waals surface area contributed by atoms with Crippen molar-refractivity contribution in [3.8, 4) is 17.7 Å². The van der Waals surface area contributed by atoms with Gasteiger partial charge < -0.3 is 9.51 Å². The van der Waals surface area contributed by atoms with Crippen molar-refractivity contribution in [2.75, 3.05) is 6.26 Å². The van der Waals surface area contributed by atoms with E-state index in [1.165, 1.54) is 12.3 Å². The highest BCUT2D eigenvalue weighted by molar-refractivity contribution is 7.89. The van der Waals surface area contributed by atoms with Gasteiger partial charge in [0.15, 0.2) is 15.7 Å². The number of nitriles is 1. The molecule has 0 unspecified atom stereocenters. The number of hydrogen-bond donors (Lipinski definition) is 1. The third-order valence-corrected chi connectivity index (χ3v) is 2.68. The zero-order chi connectivity index (χ0) is 12.5. The molecule has 2 aromatic rings. The normalized spacial score (nSPS) is 11.3. The first kappa shape index (κ1) is 11.3. The third kappa shape index (κ3) is 2.70. The minimum absolute atomic E-state index is 0.0932. The van der Waals surface area contributed by atoms with Crippen LogP contribution in [0.25, 0.3) is 11.6 Å². The molecule has 0 radical (unpaired) electrons. The molecule has 0 amide bonds. The molecule has 0 saturated heterocycles. The molecular formula is C9H8N4O3S. The molecule has 88 valence electrons. The van der Waals surface area contributed by atoms with Crippen molar-refractivity contribution >= 4 is 9.84 Å². The third-order valence-electron chi connectivity index (χ3n) is 1.90. The summed E-state index contributed by atoms with van der Waals surface area (Å²) < 4.78 is 26.9. The van der Waals surface area contributed by atoms with Crippen molar-refractivity contribution in [3.63, 3.8) is 0 Å². The molecule has 2 rings (SSSR count). The first-order valence-electron chi connectivity index (χ1n) is 4.57. The van der Waals surface area contributed by atoms with Gasteiger partial charge in [-0.15, -0.1) is 0 Å². The van der Waals surface area contributed by atoms with Crippen LogP contribution in [-0.4, -0.2) is 29.8 Å². The zero-order valence-corrected chi connectivity index (χ0v) is 9.65. The van der Waals surface area contributed by atoms with Crippen LogP contribution >= 0.6 is 0 Å². The Morgan fingerprint density at radius 1 is 1.59 bits per heavy atom. The molecule has 7 nitrogen and oxygen atoms in total. The lowest BCUT2D eigenvalue weighted by Crippen LogP contribution is -2.02. The van der Waals surface area contributed by atoms with Crippen LogP contribution in [0.15, 0.2) is 16.8 Å². The Morgan fingerprint density at radius 3 is 2.94 bits per heavy atom. The van der Waals surface area contributed by atoms with E-state index in [1.54, 1.807) is 0 Å². The molecule has 1 N–H and O–H groups in total. The lowest BCUT2D eigenvalue weighted by molar-refractivity contribution is 0.423. The molecule has 8 heteroatoms. The van der Waals surface area contributed by atoms with E-state index >= 15 is 0 Å². The van der Waals surface area contributed by atoms with Gasteiger partial charge >= 0.3 is 0 Å². The first-order chi connectivity index (χ1) is 7.98. The lowest BCUT2D eigenvalue weighted by Gasteiger charge is -1.88. The topological polar surface area (TPSA) is 113 Å². The standard InChI is InChI=1S/C9H8N4O3S/c1-17(14,15)5-8-12-9(16-13-8)7-2-6(3-10)4-11-7/h2,4,11H,5H2,1H3. The summed E-state index contributed by atoms with van der Waals surface area (Å²) in [5.41, 5.74) is 0.914. The van der Waals surface area contributed by atoms with E-state index < -0.39 is 9.84 Å². The van der Waals surface area contributed by atoms with E-state index in [0.29, 0.717) is 11.3 Å². The SMILES string of the molecule is CS(=O)(=O)Cc1noc(-c2cc(C#N)c[nH]2)n1. The number of aromatic nitrogens is 3. The molecule has 0 aliphatic carbocycles. The number of H-pyrrole nitrogens is 1. The minimum atomic E-state index is -3.19. The highest BCUT2D eigenvalue weighted by atomic mass is 32.2. The smallest absolute Gasteiger partial charge is 0.274 e. The second-order valence-electron chi connectivity index (χ2n) is 3.50. The zero-order valence-electron chi connectivity index (χ0n) is 8.84. The van der Waals surface area contributed by atoms with Crippen LogP contribution in [0.2, 0.25) is 0 Å². The van der Waals surface area contributed by atoms with Gasteiger partial charge in [-0.2, -0.15) is 10.2 Å². The van der Waals surface area contributed by atoms with Crippen LogP contribution in [0, 0.1) is 11.3 Å². The van der Waals surface area contributed by atoms with E-state index in [0.717, 1.165) is 6.26 Å². The van der Waals surface area contributed by atoms with E-state index in [-0.39, 0.29) is 17.5 Å². The van der Waals surface area contributed by atoms with E-state index in [2.05, 4.69) is 15.1 Å². The molecule has 0 atom stereocenters. The summed E-state index contributed by atoms with van der Waals surface area (Å²) in [6, 6.07) is 3.48. The van der Waals surface area contributed by atoms with E-state index in [4.69, 9.17) is 9.78 Å². The van der Waals surface area contributed by atoms with Gasteiger partial charge in [0.2, 0.25) is 0 Å². The van der Waals surface area contributed by atoms with Gasteiger partial charge in [-0.25, -0.2) is 8.42 Å². The molecule has 0 spiro atoms. The van der Waals surface area contributed by atoms with Gasteiger partial charge in [-0.3, -0.25) is 0 Å². The molecule has 0 aromatic carbocycles. The maximum atomic E-state index is 11.0. The van der Waals surface area contributed by atoms with Gasteiger partial charge in [-0.1, -0.05) is 5.16 Å². The molecule has 0 saturated carbocycles. The summed E-state index contributed by atoms with van der Waals surface area (Å²) in [6.07, 6.45) is 2.58. The molecule has 0 fully saturated rings. The van der Waals surface area contributed by atoms with Crippen LogP contribution in [0.4, 0.5) is 0 Å². The van der Waals surface area contributed by atoms with E-state index in [1.807, 2.05) is 6.07 Å². The van der Waals surface area contributed by atoms with Crippen LogP contribution in [0.3, 0.4) is 0 Å². The predicted octanol–water partition coefficient (Wildman–Crippen LogP) is 0.481. The molecular weight excluding hydrogens is 244 g/mol. The van der Waals surface area contributed by atoms with Crippen LogP contribution in [0.1, 0.15) is 11.4 Å². The van der Waals surface area contributed by atoms with Crippen LogP contribution in [0.5, 0.6) is 0 Å². The number of rotatable bonds is 3. The highest BCUT2D eigenvalue weighted by Crippen LogP contribution is 2.17. The summed E-state index contributed by atoms with van der Waals surface area (Å²) in [7, 11) is -3.19. The van der Waals surface area contributed by atoms with Crippen molar-refractivity contribution in [2.24, 2.45) is 0 Å². The molecule has 2 heterocycles. The van der Waals surface area contributed by atoms with Crippen LogP contribution in [-0.2, 0) is 15.6 Å². The fourth-order valence-electron chi connectivity index (χ4n) is 1.24. The monoisotopic (exact) mass is 252 g/mol. The molecule has 17 heavy (non-hydrogen) atoms. The number of nitrogens with one attached hydrogen (secondary N) is 1. The number of nitrogens with zero attached hydrogens (tertiary/aromatic N) is 3. The van der Waals surface area contributed by atoms with Gasteiger partial charge in [0.25, 0.3) is 5.89 Å². The lowest BCUT2D eigenvalue weighted by atomic mass is 10.3. The number of sulfone groups is 1. The molecule has 0 bridgehead atoms. The van der Waals surface area contributed by atoms with Crippen molar-refractivity contribution in [2.45, 2.75) is 5.75 Å². The summed E-state index contributed by atoms with van der Waals surface area (Å²) in [6.45, 7) is 0. The second kappa shape index (κ2) is 4.03. The second-order valence-corrected chi connectivity index (χ2v) is 5.64. The Morgan fingerprint density at radius 2 is 2.35 bits per heavy atom. The van der Waals surface area contributed by atoms with Crippen LogP contribution < -0.4 is 0 Å². The summed E-state index contributed by atoms with van der Waals surface area (Å²) in [4.78, 5) is 6.70. The van der Waals surface area contributed by atoms with Gasteiger partial charge in [0.05, 0.1) is 5.56 Å². The Hall–Kier alpha value is -2.14. The van der Waals surface area contributed by atoms with Gasteiger partial charge in [-0.05, 0) is 6.07 Å². The van der Waals surface area contributed by atoms with Crippen molar-refractivity contribution in [1.29, 1.82) is 5.26 Å². The van der Waals surface area contributed by atoms with E-state index in [9.17, 15) is 8.42 Å². The Labute approximate surface area is 97.0 Å². The quantitative estimate of drug-likeness (QED) is 0.850. The highest BCUT2D eigenvalue weighted by Gasteiger charge is 2.14. The summed E-state index contributed by atoms with van der Waals surface area (Å²) in [5, 5.41) is 12.2. The maximum Gasteiger partial charge on any atom is 0.274 e. The van der Waals surface area contributed by atoms with Crippen molar-refractivity contribution < 1.29 is 12.9 Å². The average molecular weight is 252 g/mol. The van der Waals surface area contributed by atoms with Crippen molar-refractivity contribution in [1.82, 2.24) is 15.1 Å². The minimum Gasteiger partial charge on any atom is -0.356 e. The van der Waals surface area contributed by atoms with Gasteiger partial charge in [0.1, 0.15) is 17.5 Å². The average Bonchev–Trinajstić information content (AvgIpc) is 2.82. The summed E-state index contributed by atoms with van der Waals surface area (Å²) in [5.74, 6) is -0.0248. The fraction of sp³-hybridized carbons (Fsp3) is 0.222. The Kier molecular flexibility index (Phi) is 2.69. The first-order valence-corrected chi connectivity index (χ1v) is 6.63. The molecule has 0 aliphatic heterocycles.